The number of nitrogens with one attached hydrogen (secondary N) is 1. The van der Waals surface area contributed by atoms with Gasteiger partial charge in [0.15, 0.2) is 0 Å². The molecule has 7 heteroatoms. The molecule has 1 atom stereocenters. The van der Waals surface area contributed by atoms with Gasteiger partial charge in [0.05, 0.1) is 0 Å². The van der Waals surface area contributed by atoms with Crippen LogP contribution in [0.25, 0.3) is 10.9 Å². The standard InChI is InChI=1S/C15H15F5N2/c1-22-9-11(10-5-2-3-6-12(10)22)13(7-4-8-21-13)14(16,17)15(18,19)20/h2-3,5-6,9,21H,4,7-8H2,1H3. The van der Waals surface area contributed by atoms with Gasteiger partial charge in [-0.05, 0) is 25.5 Å². The summed E-state index contributed by atoms with van der Waals surface area (Å²) in [7, 11) is 1.64. The van der Waals surface area contributed by atoms with Crippen LogP contribution in [0, 0.1) is 0 Å². The second-order valence-electron chi connectivity index (χ2n) is 5.68. The van der Waals surface area contributed by atoms with Gasteiger partial charge in [0.1, 0.15) is 5.54 Å². The molecule has 2 heterocycles. The number of hydrogen-bond acceptors (Lipinski definition) is 1. The normalized spacial score (nSPS) is 23.4. The zero-order valence-electron chi connectivity index (χ0n) is 11.8. The topological polar surface area (TPSA) is 17.0 Å². The number of para-hydroxylation sites is 1. The lowest BCUT2D eigenvalue weighted by atomic mass is 9.81. The Balaban J connectivity index is 2.28. The molecule has 0 aliphatic carbocycles. The van der Waals surface area contributed by atoms with Gasteiger partial charge in [0, 0.05) is 29.7 Å². The molecule has 120 valence electrons. The van der Waals surface area contributed by atoms with Crippen molar-refractivity contribution >= 4 is 10.9 Å². The number of aromatic nitrogens is 1. The number of hydrogen-bond donors (Lipinski definition) is 1. The maximum absolute atomic E-state index is 14.3. The number of alkyl halides is 5. The van der Waals surface area contributed by atoms with E-state index in [0.717, 1.165) is 0 Å². The molecule has 22 heavy (non-hydrogen) atoms. The Morgan fingerprint density at radius 1 is 1.14 bits per heavy atom. The first kappa shape index (κ1) is 15.3. The number of rotatable bonds is 2. The highest BCUT2D eigenvalue weighted by Gasteiger charge is 2.71. The fourth-order valence-electron chi connectivity index (χ4n) is 3.33. The number of nitrogens with zero attached hydrogens (tertiary/aromatic N) is 1. The lowest BCUT2D eigenvalue weighted by molar-refractivity contribution is -0.312. The predicted molar refractivity (Wildman–Crippen MR) is 72.8 cm³/mol. The van der Waals surface area contributed by atoms with Crippen molar-refractivity contribution in [3.63, 3.8) is 0 Å². The van der Waals surface area contributed by atoms with E-state index in [9.17, 15) is 22.0 Å². The van der Waals surface area contributed by atoms with Gasteiger partial charge in [-0.1, -0.05) is 18.2 Å². The first-order valence-corrected chi connectivity index (χ1v) is 6.95. The summed E-state index contributed by atoms with van der Waals surface area (Å²) >= 11 is 0. The van der Waals surface area contributed by atoms with Crippen LogP contribution in [-0.2, 0) is 12.6 Å². The molecule has 1 aromatic carbocycles. The summed E-state index contributed by atoms with van der Waals surface area (Å²) in [6, 6.07) is 6.65. The first-order chi connectivity index (χ1) is 10.2. The molecule has 1 fully saturated rings. The van der Waals surface area contributed by atoms with Gasteiger partial charge in [0.25, 0.3) is 0 Å². The van der Waals surface area contributed by atoms with E-state index < -0.39 is 17.6 Å². The van der Waals surface area contributed by atoms with Crippen LogP contribution in [0.5, 0.6) is 0 Å². The molecule has 1 unspecified atom stereocenters. The van der Waals surface area contributed by atoms with Crippen LogP contribution in [0.15, 0.2) is 30.5 Å². The molecule has 0 bridgehead atoms. The minimum atomic E-state index is -5.61. The molecular formula is C15H15F5N2. The summed E-state index contributed by atoms with van der Waals surface area (Å²) in [5, 5.41) is 2.88. The molecule has 3 rings (SSSR count). The summed E-state index contributed by atoms with van der Waals surface area (Å²) in [6.07, 6.45) is -4.22. The number of benzene rings is 1. The summed E-state index contributed by atoms with van der Waals surface area (Å²) < 4.78 is 69.3. The van der Waals surface area contributed by atoms with Crippen LogP contribution in [0.3, 0.4) is 0 Å². The van der Waals surface area contributed by atoms with Crippen LogP contribution in [0.2, 0.25) is 0 Å². The van der Waals surface area contributed by atoms with E-state index in [4.69, 9.17) is 0 Å². The molecule has 0 radical (unpaired) electrons. The highest BCUT2D eigenvalue weighted by molar-refractivity contribution is 5.85. The average molecular weight is 318 g/mol. The van der Waals surface area contributed by atoms with Crippen molar-refractivity contribution in [3.05, 3.63) is 36.0 Å². The van der Waals surface area contributed by atoms with E-state index in [-0.39, 0.29) is 24.9 Å². The number of fused-ring (bicyclic) bond motifs is 1. The molecule has 0 spiro atoms. The van der Waals surface area contributed by atoms with Crippen LogP contribution in [-0.4, -0.2) is 23.2 Å². The van der Waals surface area contributed by atoms with E-state index in [1.54, 1.807) is 35.9 Å². The van der Waals surface area contributed by atoms with E-state index in [1.807, 2.05) is 0 Å². The van der Waals surface area contributed by atoms with Crippen LogP contribution >= 0.6 is 0 Å². The van der Waals surface area contributed by atoms with Crippen LogP contribution < -0.4 is 5.32 Å². The van der Waals surface area contributed by atoms with Crippen molar-refractivity contribution in [3.8, 4) is 0 Å². The predicted octanol–water partition coefficient (Wildman–Crippen LogP) is 3.95. The van der Waals surface area contributed by atoms with Crippen molar-refractivity contribution in [2.75, 3.05) is 6.54 Å². The van der Waals surface area contributed by atoms with E-state index in [0.29, 0.717) is 10.9 Å². The lowest BCUT2D eigenvalue weighted by Gasteiger charge is -2.38. The van der Waals surface area contributed by atoms with Crippen LogP contribution in [0.4, 0.5) is 22.0 Å². The zero-order valence-corrected chi connectivity index (χ0v) is 11.8. The Morgan fingerprint density at radius 2 is 1.82 bits per heavy atom. The van der Waals surface area contributed by atoms with Gasteiger partial charge >= 0.3 is 12.1 Å². The highest BCUT2D eigenvalue weighted by Crippen LogP contribution is 2.53. The number of halogens is 5. The highest BCUT2D eigenvalue weighted by atomic mass is 19.4. The van der Waals surface area contributed by atoms with Gasteiger partial charge in [-0.3, -0.25) is 0 Å². The molecule has 1 saturated heterocycles. The minimum absolute atomic E-state index is 0.00502. The maximum atomic E-state index is 14.3. The maximum Gasteiger partial charge on any atom is 0.455 e. The average Bonchev–Trinajstić information content (AvgIpc) is 3.04. The Hall–Kier alpha value is -1.63. The molecule has 0 amide bonds. The largest absolute Gasteiger partial charge is 0.455 e. The summed E-state index contributed by atoms with van der Waals surface area (Å²) in [6.45, 7) is 0.134. The summed E-state index contributed by atoms with van der Waals surface area (Å²) in [4.78, 5) is 0. The monoisotopic (exact) mass is 318 g/mol. The van der Waals surface area contributed by atoms with Crippen molar-refractivity contribution in [1.29, 1.82) is 0 Å². The lowest BCUT2D eigenvalue weighted by Crippen LogP contribution is -2.59. The third-order valence-corrected chi connectivity index (χ3v) is 4.40. The molecule has 1 N–H and O–H groups in total. The second kappa shape index (κ2) is 4.68. The smallest absolute Gasteiger partial charge is 0.350 e. The molecule has 0 saturated carbocycles. The molecule has 1 aliphatic heterocycles. The van der Waals surface area contributed by atoms with Crippen LogP contribution in [0.1, 0.15) is 18.4 Å². The third kappa shape index (κ3) is 1.87. The van der Waals surface area contributed by atoms with Crippen molar-refractivity contribution in [2.45, 2.75) is 30.5 Å². The van der Waals surface area contributed by atoms with Gasteiger partial charge in [-0.15, -0.1) is 0 Å². The van der Waals surface area contributed by atoms with E-state index in [1.165, 1.54) is 6.20 Å². The second-order valence-corrected chi connectivity index (χ2v) is 5.68. The van der Waals surface area contributed by atoms with E-state index >= 15 is 0 Å². The molecule has 1 aromatic heterocycles. The van der Waals surface area contributed by atoms with Gasteiger partial charge in [0.2, 0.25) is 0 Å². The molecular weight excluding hydrogens is 303 g/mol. The fourth-order valence-corrected chi connectivity index (χ4v) is 3.33. The van der Waals surface area contributed by atoms with Crippen molar-refractivity contribution in [2.24, 2.45) is 7.05 Å². The molecule has 2 nitrogen and oxygen atoms in total. The first-order valence-electron chi connectivity index (χ1n) is 6.95. The SMILES string of the molecule is Cn1cc(C2(C(F)(F)C(F)(F)F)CCCN2)c2ccccc21. The molecule has 2 aromatic rings. The van der Waals surface area contributed by atoms with Gasteiger partial charge in [-0.2, -0.15) is 22.0 Å². The van der Waals surface area contributed by atoms with E-state index in [2.05, 4.69) is 5.32 Å². The summed E-state index contributed by atoms with van der Waals surface area (Å²) in [5.41, 5.74) is -1.78. The molecule has 1 aliphatic rings. The van der Waals surface area contributed by atoms with Crippen molar-refractivity contribution < 1.29 is 22.0 Å². The fraction of sp³-hybridized carbons (Fsp3) is 0.467. The zero-order chi connectivity index (χ0) is 16.2. The van der Waals surface area contributed by atoms with Gasteiger partial charge < -0.3 is 9.88 Å². The number of aryl methyl sites for hydroxylation is 1. The minimum Gasteiger partial charge on any atom is -0.350 e. The third-order valence-electron chi connectivity index (χ3n) is 4.40. The Labute approximate surface area is 123 Å². The van der Waals surface area contributed by atoms with Crippen molar-refractivity contribution in [1.82, 2.24) is 9.88 Å². The Kier molecular flexibility index (Phi) is 3.25. The quantitative estimate of drug-likeness (QED) is 0.830. The van der Waals surface area contributed by atoms with Gasteiger partial charge in [-0.25, -0.2) is 0 Å². The Morgan fingerprint density at radius 3 is 2.41 bits per heavy atom. The Bertz CT molecular complexity index is 696. The summed E-state index contributed by atoms with van der Waals surface area (Å²) in [5.74, 6) is -4.85.